The van der Waals surface area contributed by atoms with Gasteiger partial charge >= 0.3 is 5.97 Å². The van der Waals surface area contributed by atoms with Crippen molar-refractivity contribution in [2.24, 2.45) is 5.92 Å². The van der Waals surface area contributed by atoms with E-state index in [9.17, 15) is 14.0 Å². The van der Waals surface area contributed by atoms with Gasteiger partial charge in [0.25, 0.3) is 5.91 Å². The fourth-order valence-corrected chi connectivity index (χ4v) is 2.27. The minimum atomic E-state index is -1.04. The fourth-order valence-electron chi connectivity index (χ4n) is 2.27. The molecule has 1 aromatic heterocycles. The first-order chi connectivity index (χ1) is 9.56. The number of nitrogens with one attached hydrogen (secondary N) is 2. The van der Waals surface area contributed by atoms with E-state index in [2.05, 4.69) is 10.3 Å². The minimum Gasteiger partial charge on any atom is -0.480 e. The predicted molar refractivity (Wildman–Crippen MR) is 69.9 cm³/mol. The lowest BCUT2D eigenvalue weighted by molar-refractivity contribution is -0.139. The van der Waals surface area contributed by atoms with Crippen LogP contribution in [0.25, 0.3) is 10.9 Å². The quantitative estimate of drug-likeness (QED) is 0.797. The van der Waals surface area contributed by atoms with Gasteiger partial charge in [-0.05, 0) is 37.0 Å². The fraction of sp³-hybridized carbons (Fsp3) is 0.286. The predicted octanol–water partition coefficient (Wildman–Crippen LogP) is 1.90. The Bertz CT molecular complexity index is 691. The number of aromatic nitrogens is 1. The summed E-state index contributed by atoms with van der Waals surface area (Å²) >= 11 is 0. The Morgan fingerprint density at radius 1 is 1.40 bits per heavy atom. The van der Waals surface area contributed by atoms with E-state index >= 15 is 0 Å². The van der Waals surface area contributed by atoms with Crippen molar-refractivity contribution in [3.05, 3.63) is 35.8 Å². The number of fused-ring (bicyclic) bond motifs is 1. The highest BCUT2D eigenvalue weighted by atomic mass is 19.1. The van der Waals surface area contributed by atoms with Crippen LogP contribution in [-0.4, -0.2) is 28.0 Å². The van der Waals surface area contributed by atoms with Gasteiger partial charge in [0.05, 0.1) is 0 Å². The van der Waals surface area contributed by atoms with Crippen LogP contribution in [0.3, 0.4) is 0 Å². The van der Waals surface area contributed by atoms with Gasteiger partial charge in [0.2, 0.25) is 0 Å². The average molecular weight is 276 g/mol. The van der Waals surface area contributed by atoms with E-state index in [0.717, 1.165) is 12.8 Å². The van der Waals surface area contributed by atoms with E-state index in [-0.39, 0.29) is 11.6 Å². The number of hydrogen-bond acceptors (Lipinski definition) is 2. The van der Waals surface area contributed by atoms with Crippen molar-refractivity contribution in [1.82, 2.24) is 10.3 Å². The van der Waals surface area contributed by atoms with Crippen LogP contribution >= 0.6 is 0 Å². The number of carboxylic acids is 1. The number of carboxylic acid groups (broad SMARTS) is 1. The Labute approximate surface area is 113 Å². The zero-order chi connectivity index (χ0) is 14.3. The summed E-state index contributed by atoms with van der Waals surface area (Å²) in [5.41, 5.74) is 0.672. The highest BCUT2D eigenvalue weighted by Gasteiger charge is 2.37. The Kier molecular flexibility index (Phi) is 2.93. The van der Waals surface area contributed by atoms with Crippen LogP contribution in [0.5, 0.6) is 0 Å². The summed E-state index contributed by atoms with van der Waals surface area (Å²) in [5.74, 6) is -1.99. The Morgan fingerprint density at radius 3 is 2.75 bits per heavy atom. The van der Waals surface area contributed by atoms with E-state index in [1.165, 1.54) is 12.1 Å². The number of hydrogen-bond donors (Lipinski definition) is 3. The van der Waals surface area contributed by atoms with E-state index in [1.54, 1.807) is 12.1 Å². The molecule has 20 heavy (non-hydrogen) atoms. The van der Waals surface area contributed by atoms with Gasteiger partial charge in [-0.25, -0.2) is 9.18 Å². The first-order valence-corrected chi connectivity index (χ1v) is 6.37. The lowest BCUT2D eigenvalue weighted by Crippen LogP contribution is -2.42. The van der Waals surface area contributed by atoms with Gasteiger partial charge < -0.3 is 15.4 Å². The van der Waals surface area contributed by atoms with E-state index in [4.69, 9.17) is 5.11 Å². The summed E-state index contributed by atoms with van der Waals surface area (Å²) in [6.07, 6.45) is 1.61. The van der Waals surface area contributed by atoms with Crippen LogP contribution in [0.1, 0.15) is 23.3 Å². The molecule has 0 aliphatic heterocycles. The number of carbonyl (C=O) groups is 2. The normalized spacial score (nSPS) is 16.1. The molecular formula is C14H13FN2O3. The lowest BCUT2D eigenvalue weighted by Gasteiger charge is -2.12. The molecule has 1 aliphatic rings. The van der Waals surface area contributed by atoms with Gasteiger partial charge in [-0.1, -0.05) is 6.07 Å². The topological polar surface area (TPSA) is 82.2 Å². The molecule has 1 aromatic carbocycles. The van der Waals surface area contributed by atoms with E-state index in [0.29, 0.717) is 10.9 Å². The van der Waals surface area contributed by atoms with Crippen LogP contribution in [0, 0.1) is 11.7 Å². The third-order valence-electron chi connectivity index (χ3n) is 3.50. The maximum atomic E-state index is 13.5. The maximum Gasteiger partial charge on any atom is 0.326 e. The van der Waals surface area contributed by atoms with Gasteiger partial charge in [0.1, 0.15) is 17.6 Å². The molecule has 3 rings (SSSR count). The number of halogens is 1. The zero-order valence-corrected chi connectivity index (χ0v) is 10.5. The molecule has 5 nitrogen and oxygen atoms in total. The molecule has 1 heterocycles. The van der Waals surface area contributed by atoms with Crippen molar-refractivity contribution in [2.45, 2.75) is 18.9 Å². The molecule has 1 amide bonds. The second-order valence-electron chi connectivity index (χ2n) is 5.01. The molecule has 3 N–H and O–H groups in total. The van der Waals surface area contributed by atoms with Crippen molar-refractivity contribution in [3.63, 3.8) is 0 Å². The van der Waals surface area contributed by atoms with Crippen molar-refractivity contribution in [3.8, 4) is 0 Å². The first-order valence-electron chi connectivity index (χ1n) is 6.37. The monoisotopic (exact) mass is 276 g/mol. The van der Waals surface area contributed by atoms with Gasteiger partial charge in [-0.15, -0.1) is 0 Å². The highest BCUT2D eigenvalue weighted by molar-refractivity contribution is 5.99. The molecule has 0 spiro atoms. The lowest BCUT2D eigenvalue weighted by atomic mass is 10.2. The molecular weight excluding hydrogens is 263 g/mol. The van der Waals surface area contributed by atoms with Crippen LogP contribution < -0.4 is 5.32 Å². The molecule has 6 heteroatoms. The number of benzene rings is 1. The zero-order valence-electron chi connectivity index (χ0n) is 10.5. The Morgan fingerprint density at radius 2 is 2.15 bits per heavy atom. The average Bonchev–Trinajstić information content (AvgIpc) is 3.13. The molecule has 1 saturated carbocycles. The van der Waals surface area contributed by atoms with Gasteiger partial charge in [-0.2, -0.15) is 0 Å². The summed E-state index contributed by atoms with van der Waals surface area (Å²) < 4.78 is 13.5. The van der Waals surface area contributed by atoms with E-state index in [1.807, 2.05) is 0 Å². The minimum absolute atomic E-state index is 0.00226. The standard InChI is InChI=1S/C14H13FN2O3/c15-9-2-1-3-10-8(9)6-11(16-10)13(18)17-12(14(19)20)7-4-5-7/h1-3,6-7,12,16H,4-5H2,(H,17,18)(H,19,20). The third kappa shape index (κ3) is 2.24. The molecule has 0 saturated heterocycles. The van der Waals surface area contributed by atoms with Crippen molar-refractivity contribution >= 4 is 22.8 Å². The number of amides is 1. The van der Waals surface area contributed by atoms with Crippen LogP contribution in [0.15, 0.2) is 24.3 Å². The summed E-state index contributed by atoms with van der Waals surface area (Å²) in [7, 11) is 0. The summed E-state index contributed by atoms with van der Waals surface area (Å²) in [5, 5.41) is 11.9. The van der Waals surface area contributed by atoms with Crippen molar-refractivity contribution < 1.29 is 19.1 Å². The Balaban J connectivity index is 1.85. The first kappa shape index (κ1) is 12.7. The second kappa shape index (κ2) is 4.63. The van der Waals surface area contributed by atoms with Gasteiger partial charge in [0, 0.05) is 10.9 Å². The number of H-pyrrole nitrogens is 1. The number of aromatic amines is 1. The van der Waals surface area contributed by atoms with Gasteiger partial charge in [0.15, 0.2) is 0 Å². The largest absolute Gasteiger partial charge is 0.480 e. The molecule has 0 radical (unpaired) electrons. The summed E-state index contributed by atoms with van der Waals surface area (Å²) in [4.78, 5) is 25.9. The smallest absolute Gasteiger partial charge is 0.326 e. The Hall–Kier alpha value is -2.37. The highest BCUT2D eigenvalue weighted by Crippen LogP contribution is 2.33. The molecule has 1 aliphatic carbocycles. The SMILES string of the molecule is O=C(NC(C(=O)O)C1CC1)c1cc2c(F)cccc2[nH]1. The molecule has 1 fully saturated rings. The molecule has 104 valence electrons. The molecule has 2 aromatic rings. The molecule has 1 unspecified atom stereocenters. The molecule has 0 bridgehead atoms. The van der Waals surface area contributed by atoms with Gasteiger partial charge in [-0.3, -0.25) is 4.79 Å². The summed E-state index contributed by atoms with van der Waals surface area (Å²) in [6, 6.07) is 5.03. The second-order valence-corrected chi connectivity index (χ2v) is 5.01. The molecule has 1 atom stereocenters. The van der Waals surface area contributed by atoms with Crippen LogP contribution in [0.2, 0.25) is 0 Å². The maximum absolute atomic E-state index is 13.5. The number of rotatable bonds is 4. The van der Waals surface area contributed by atoms with E-state index < -0.39 is 23.7 Å². The number of aliphatic carboxylic acids is 1. The summed E-state index contributed by atoms with van der Waals surface area (Å²) in [6.45, 7) is 0. The van der Waals surface area contributed by atoms with Crippen molar-refractivity contribution in [1.29, 1.82) is 0 Å². The van der Waals surface area contributed by atoms with Crippen LogP contribution in [0.4, 0.5) is 4.39 Å². The van der Waals surface area contributed by atoms with Crippen molar-refractivity contribution in [2.75, 3.05) is 0 Å². The third-order valence-corrected chi connectivity index (χ3v) is 3.50. The van der Waals surface area contributed by atoms with Crippen LogP contribution in [-0.2, 0) is 4.79 Å². The number of carbonyl (C=O) groups excluding carboxylic acids is 1.